The summed E-state index contributed by atoms with van der Waals surface area (Å²) in [6.45, 7) is 5.36. The van der Waals surface area contributed by atoms with Crippen LogP contribution in [0.4, 0.5) is 11.6 Å². The van der Waals surface area contributed by atoms with Crippen LogP contribution < -0.4 is 11.1 Å². The van der Waals surface area contributed by atoms with E-state index in [2.05, 4.69) is 21.9 Å². The minimum Gasteiger partial charge on any atom is -0.383 e. The molecule has 0 unspecified atom stereocenters. The first-order chi connectivity index (χ1) is 5.25. The van der Waals surface area contributed by atoms with E-state index in [-0.39, 0.29) is 0 Å². The maximum atomic E-state index is 5.53. The molecule has 4 heteroatoms. The number of nitrogens with two attached hydrogens (primary N) is 1. The fourth-order valence-electron chi connectivity index (χ4n) is 0.706. The van der Waals surface area contributed by atoms with Gasteiger partial charge >= 0.3 is 0 Å². The third-order valence-corrected chi connectivity index (χ3v) is 1.36. The summed E-state index contributed by atoms with van der Waals surface area (Å²) in [5.41, 5.74) is 6.37. The summed E-state index contributed by atoms with van der Waals surface area (Å²) >= 11 is 0. The third kappa shape index (κ3) is 1.46. The predicted octanol–water partition coefficient (Wildman–Crippen LogP) is 0.923. The molecular formula is C7H10N4. The lowest BCUT2D eigenvalue weighted by Gasteiger charge is -2.03. The molecule has 1 heterocycles. The van der Waals surface area contributed by atoms with Gasteiger partial charge in [-0.2, -0.15) is 0 Å². The largest absolute Gasteiger partial charge is 0.383 e. The molecular weight excluding hydrogens is 140 g/mol. The van der Waals surface area contributed by atoms with Gasteiger partial charge in [0.2, 0.25) is 0 Å². The zero-order valence-electron chi connectivity index (χ0n) is 6.33. The normalized spacial score (nSPS) is 9.18. The van der Waals surface area contributed by atoms with E-state index in [0.29, 0.717) is 11.6 Å². The molecule has 0 fully saturated rings. The molecule has 0 spiro atoms. The van der Waals surface area contributed by atoms with Crippen LogP contribution in [0.2, 0.25) is 0 Å². The minimum atomic E-state index is 0.490. The van der Waals surface area contributed by atoms with Gasteiger partial charge in [-0.1, -0.05) is 6.58 Å². The van der Waals surface area contributed by atoms with Crippen molar-refractivity contribution in [1.82, 2.24) is 9.97 Å². The van der Waals surface area contributed by atoms with E-state index in [0.717, 1.165) is 5.56 Å². The summed E-state index contributed by atoms with van der Waals surface area (Å²) in [6, 6.07) is 0. The maximum Gasteiger partial charge on any atom is 0.138 e. The first kappa shape index (κ1) is 7.53. The van der Waals surface area contributed by atoms with E-state index in [1.54, 1.807) is 6.20 Å². The Morgan fingerprint density at radius 2 is 2.36 bits per heavy atom. The Morgan fingerprint density at radius 1 is 1.64 bits per heavy atom. The molecule has 0 aromatic carbocycles. The van der Waals surface area contributed by atoms with Crippen molar-refractivity contribution in [3.8, 4) is 0 Å². The van der Waals surface area contributed by atoms with Crippen LogP contribution in [0, 0.1) is 6.92 Å². The number of nitrogen functional groups attached to an aromatic ring is 1. The van der Waals surface area contributed by atoms with E-state index in [1.165, 1.54) is 6.33 Å². The van der Waals surface area contributed by atoms with Crippen molar-refractivity contribution in [3.63, 3.8) is 0 Å². The molecule has 4 nitrogen and oxygen atoms in total. The summed E-state index contributed by atoms with van der Waals surface area (Å²) in [5.74, 6) is 1.19. The van der Waals surface area contributed by atoms with Gasteiger partial charge in [0.1, 0.15) is 18.0 Å². The number of hydrogen-bond acceptors (Lipinski definition) is 4. The average Bonchev–Trinajstić information content (AvgIpc) is 1.99. The van der Waals surface area contributed by atoms with E-state index in [4.69, 9.17) is 5.73 Å². The van der Waals surface area contributed by atoms with Crippen molar-refractivity contribution >= 4 is 11.6 Å². The van der Waals surface area contributed by atoms with Crippen LogP contribution in [0.3, 0.4) is 0 Å². The Hall–Kier alpha value is -1.58. The molecule has 1 aromatic rings. The lowest BCUT2D eigenvalue weighted by molar-refractivity contribution is 1.14. The summed E-state index contributed by atoms with van der Waals surface area (Å²) in [5, 5.41) is 2.85. The van der Waals surface area contributed by atoms with Crippen molar-refractivity contribution in [1.29, 1.82) is 0 Å². The summed E-state index contributed by atoms with van der Waals surface area (Å²) in [4.78, 5) is 7.77. The SMILES string of the molecule is C=CNc1ncnc(N)c1C. The third-order valence-electron chi connectivity index (χ3n) is 1.36. The molecule has 0 aliphatic carbocycles. The van der Waals surface area contributed by atoms with E-state index in [9.17, 15) is 0 Å². The Morgan fingerprint density at radius 3 is 3.00 bits per heavy atom. The Kier molecular flexibility index (Phi) is 2.06. The van der Waals surface area contributed by atoms with Crippen molar-refractivity contribution in [2.45, 2.75) is 6.92 Å². The van der Waals surface area contributed by atoms with Crippen LogP contribution >= 0.6 is 0 Å². The number of hydrogen-bond donors (Lipinski definition) is 2. The zero-order valence-corrected chi connectivity index (χ0v) is 6.33. The fraction of sp³-hybridized carbons (Fsp3) is 0.143. The monoisotopic (exact) mass is 150 g/mol. The van der Waals surface area contributed by atoms with Crippen LogP contribution in [-0.4, -0.2) is 9.97 Å². The number of rotatable bonds is 2. The van der Waals surface area contributed by atoms with E-state index in [1.807, 2.05) is 6.92 Å². The second kappa shape index (κ2) is 3.01. The molecule has 1 aromatic heterocycles. The van der Waals surface area contributed by atoms with Crippen molar-refractivity contribution in [3.05, 3.63) is 24.7 Å². The van der Waals surface area contributed by atoms with Crippen molar-refractivity contribution in [2.75, 3.05) is 11.1 Å². The highest BCUT2D eigenvalue weighted by Gasteiger charge is 2.00. The molecule has 0 aliphatic heterocycles. The highest BCUT2D eigenvalue weighted by atomic mass is 15.0. The minimum absolute atomic E-state index is 0.490. The number of aromatic nitrogens is 2. The smallest absolute Gasteiger partial charge is 0.138 e. The molecule has 0 amide bonds. The second-order valence-electron chi connectivity index (χ2n) is 2.08. The van der Waals surface area contributed by atoms with Gasteiger partial charge in [0.25, 0.3) is 0 Å². The molecule has 0 radical (unpaired) electrons. The van der Waals surface area contributed by atoms with Gasteiger partial charge in [-0.05, 0) is 13.1 Å². The van der Waals surface area contributed by atoms with Gasteiger partial charge in [-0.3, -0.25) is 0 Å². The van der Waals surface area contributed by atoms with Crippen LogP contribution in [0.5, 0.6) is 0 Å². The predicted molar refractivity (Wildman–Crippen MR) is 45.0 cm³/mol. The zero-order chi connectivity index (χ0) is 8.27. The highest BCUT2D eigenvalue weighted by molar-refractivity contribution is 5.54. The van der Waals surface area contributed by atoms with Crippen LogP contribution in [0.25, 0.3) is 0 Å². The molecule has 0 aliphatic rings. The standard InChI is InChI=1S/C7H10N4/c1-3-9-7-5(2)6(8)10-4-11-7/h3-4H,1H2,2H3,(H3,8,9,10,11). The number of nitrogens with zero attached hydrogens (tertiary/aromatic N) is 2. The molecule has 58 valence electrons. The second-order valence-corrected chi connectivity index (χ2v) is 2.08. The quantitative estimate of drug-likeness (QED) is 0.658. The maximum absolute atomic E-state index is 5.53. The first-order valence-corrected chi connectivity index (χ1v) is 3.20. The van der Waals surface area contributed by atoms with Crippen LogP contribution in [0.1, 0.15) is 5.56 Å². The van der Waals surface area contributed by atoms with Crippen LogP contribution in [0.15, 0.2) is 19.1 Å². The van der Waals surface area contributed by atoms with Crippen molar-refractivity contribution < 1.29 is 0 Å². The first-order valence-electron chi connectivity index (χ1n) is 3.20. The molecule has 0 atom stereocenters. The van der Waals surface area contributed by atoms with Gasteiger partial charge in [0.15, 0.2) is 0 Å². The summed E-state index contributed by atoms with van der Waals surface area (Å²) in [7, 11) is 0. The van der Waals surface area contributed by atoms with Gasteiger partial charge in [-0.25, -0.2) is 9.97 Å². The molecule has 0 bridgehead atoms. The van der Waals surface area contributed by atoms with Gasteiger partial charge in [0, 0.05) is 5.56 Å². The number of anilines is 2. The van der Waals surface area contributed by atoms with Gasteiger partial charge in [0.05, 0.1) is 0 Å². The Bertz CT molecular complexity index is 269. The summed E-state index contributed by atoms with van der Waals surface area (Å²) < 4.78 is 0. The highest BCUT2D eigenvalue weighted by Crippen LogP contribution is 2.14. The lowest BCUT2D eigenvalue weighted by atomic mass is 10.3. The molecule has 1 rings (SSSR count). The topological polar surface area (TPSA) is 63.8 Å². The summed E-state index contributed by atoms with van der Waals surface area (Å²) in [6.07, 6.45) is 2.96. The average molecular weight is 150 g/mol. The molecule has 0 saturated heterocycles. The Labute approximate surface area is 65.2 Å². The number of nitrogens with one attached hydrogen (secondary N) is 1. The lowest BCUT2D eigenvalue weighted by Crippen LogP contribution is -2.00. The molecule has 11 heavy (non-hydrogen) atoms. The molecule has 3 N–H and O–H groups in total. The van der Waals surface area contributed by atoms with Gasteiger partial charge in [-0.15, -0.1) is 0 Å². The van der Waals surface area contributed by atoms with Crippen LogP contribution in [-0.2, 0) is 0 Å². The van der Waals surface area contributed by atoms with E-state index < -0.39 is 0 Å². The van der Waals surface area contributed by atoms with Crippen molar-refractivity contribution in [2.24, 2.45) is 0 Å². The molecule has 0 saturated carbocycles. The Balaban J connectivity index is 3.05. The van der Waals surface area contributed by atoms with Gasteiger partial charge < -0.3 is 11.1 Å². The van der Waals surface area contributed by atoms with E-state index >= 15 is 0 Å². The fourth-order valence-corrected chi connectivity index (χ4v) is 0.706.